The minimum atomic E-state index is -0.498. The van der Waals surface area contributed by atoms with E-state index in [-0.39, 0.29) is 0 Å². The van der Waals surface area contributed by atoms with Gasteiger partial charge in [0.1, 0.15) is 11.4 Å². The highest BCUT2D eigenvalue weighted by Gasteiger charge is 2.18. The van der Waals surface area contributed by atoms with Crippen molar-refractivity contribution in [3.63, 3.8) is 0 Å². The number of carbonyl (C=O) groups is 1. The monoisotopic (exact) mass is 291 g/mol. The second-order valence-electron chi connectivity index (χ2n) is 6.70. The van der Waals surface area contributed by atoms with Crippen molar-refractivity contribution in [2.75, 3.05) is 23.3 Å². The Morgan fingerprint density at radius 2 is 2.00 bits per heavy atom. The molecule has 5 heteroatoms. The molecule has 21 heavy (non-hydrogen) atoms. The van der Waals surface area contributed by atoms with Crippen molar-refractivity contribution < 1.29 is 9.53 Å². The molecular formula is C16H25N3O2. The fourth-order valence-electron chi connectivity index (χ4n) is 2.31. The van der Waals surface area contributed by atoms with Crippen LogP contribution in [0.15, 0.2) is 18.3 Å². The summed E-state index contributed by atoms with van der Waals surface area (Å²) in [6.07, 6.45) is 3.64. The van der Waals surface area contributed by atoms with E-state index in [1.165, 1.54) is 12.8 Å². The molecule has 0 bridgehead atoms. The average molecular weight is 291 g/mol. The van der Waals surface area contributed by atoms with Gasteiger partial charge in [0.05, 0.1) is 11.9 Å². The molecule has 1 aliphatic rings. The van der Waals surface area contributed by atoms with E-state index in [1.807, 2.05) is 32.9 Å². The second kappa shape index (κ2) is 6.33. The van der Waals surface area contributed by atoms with Gasteiger partial charge in [-0.05, 0) is 51.7 Å². The summed E-state index contributed by atoms with van der Waals surface area (Å²) < 4.78 is 5.21. The first-order valence-corrected chi connectivity index (χ1v) is 7.54. The van der Waals surface area contributed by atoms with Crippen LogP contribution >= 0.6 is 0 Å². The number of rotatable bonds is 2. The third-order valence-corrected chi connectivity index (χ3v) is 3.50. The SMILES string of the molecule is CC1CCN(c2ccc(NC(=O)OC(C)(C)C)cn2)CC1. The van der Waals surface area contributed by atoms with Gasteiger partial charge >= 0.3 is 6.09 Å². The molecule has 0 aromatic carbocycles. The number of amides is 1. The highest BCUT2D eigenvalue weighted by atomic mass is 16.6. The fraction of sp³-hybridized carbons (Fsp3) is 0.625. The summed E-state index contributed by atoms with van der Waals surface area (Å²) in [5.74, 6) is 1.77. The summed E-state index contributed by atoms with van der Waals surface area (Å²) in [6.45, 7) is 9.90. The smallest absolute Gasteiger partial charge is 0.412 e. The van der Waals surface area contributed by atoms with Crippen molar-refractivity contribution >= 4 is 17.6 Å². The number of anilines is 2. The lowest BCUT2D eigenvalue weighted by Gasteiger charge is -2.31. The Bertz CT molecular complexity index is 471. The maximum absolute atomic E-state index is 11.7. The van der Waals surface area contributed by atoms with Crippen LogP contribution in [0.4, 0.5) is 16.3 Å². The second-order valence-corrected chi connectivity index (χ2v) is 6.70. The van der Waals surface area contributed by atoms with Crippen molar-refractivity contribution in [3.05, 3.63) is 18.3 Å². The number of hydrogen-bond donors (Lipinski definition) is 1. The zero-order valence-corrected chi connectivity index (χ0v) is 13.3. The van der Waals surface area contributed by atoms with Gasteiger partial charge in [0.15, 0.2) is 0 Å². The quantitative estimate of drug-likeness (QED) is 0.903. The van der Waals surface area contributed by atoms with Gasteiger partial charge in [0.25, 0.3) is 0 Å². The molecule has 0 aliphatic carbocycles. The van der Waals surface area contributed by atoms with Crippen LogP contribution in [-0.4, -0.2) is 29.8 Å². The molecule has 0 unspecified atom stereocenters. The molecule has 1 saturated heterocycles. The van der Waals surface area contributed by atoms with Gasteiger partial charge in [-0.3, -0.25) is 5.32 Å². The van der Waals surface area contributed by atoms with Crippen LogP contribution in [0.1, 0.15) is 40.5 Å². The molecule has 5 nitrogen and oxygen atoms in total. The Morgan fingerprint density at radius 1 is 1.33 bits per heavy atom. The molecule has 1 amide bonds. The summed E-state index contributed by atoms with van der Waals surface area (Å²) >= 11 is 0. The van der Waals surface area contributed by atoms with Gasteiger partial charge < -0.3 is 9.64 Å². The third-order valence-electron chi connectivity index (χ3n) is 3.50. The normalized spacial score (nSPS) is 16.7. The summed E-state index contributed by atoms with van der Waals surface area (Å²) in [7, 11) is 0. The molecule has 2 heterocycles. The van der Waals surface area contributed by atoms with Crippen LogP contribution in [0.2, 0.25) is 0 Å². The van der Waals surface area contributed by atoms with Gasteiger partial charge in [-0.2, -0.15) is 0 Å². The molecule has 0 saturated carbocycles. The number of hydrogen-bond acceptors (Lipinski definition) is 4. The lowest BCUT2D eigenvalue weighted by atomic mass is 9.99. The minimum absolute atomic E-state index is 0.455. The maximum atomic E-state index is 11.7. The van der Waals surface area contributed by atoms with Crippen molar-refractivity contribution in [1.29, 1.82) is 0 Å². The van der Waals surface area contributed by atoms with Crippen LogP contribution < -0.4 is 10.2 Å². The van der Waals surface area contributed by atoms with Crippen molar-refractivity contribution in [1.82, 2.24) is 4.98 Å². The van der Waals surface area contributed by atoms with Crippen LogP contribution in [0.5, 0.6) is 0 Å². The van der Waals surface area contributed by atoms with E-state index < -0.39 is 11.7 Å². The van der Waals surface area contributed by atoms with E-state index in [2.05, 4.69) is 22.1 Å². The molecule has 1 N–H and O–H groups in total. The van der Waals surface area contributed by atoms with E-state index in [0.717, 1.165) is 24.8 Å². The molecular weight excluding hydrogens is 266 g/mol. The molecule has 1 aromatic heterocycles. The molecule has 1 aliphatic heterocycles. The standard InChI is InChI=1S/C16H25N3O2/c1-12-7-9-19(10-8-12)14-6-5-13(11-17-14)18-15(20)21-16(2,3)4/h5-6,11-12H,7-10H2,1-4H3,(H,18,20). The highest BCUT2D eigenvalue weighted by Crippen LogP contribution is 2.22. The average Bonchev–Trinajstić information content (AvgIpc) is 2.38. The van der Waals surface area contributed by atoms with E-state index in [4.69, 9.17) is 4.74 Å². The van der Waals surface area contributed by atoms with E-state index in [1.54, 1.807) is 6.20 Å². The molecule has 0 spiro atoms. The molecule has 2 rings (SSSR count). The Labute approximate surface area is 126 Å². The Morgan fingerprint density at radius 3 is 2.52 bits per heavy atom. The van der Waals surface area contributed by atoms with Gasteiger partial charge in [-0.15, -0.1) is 0 Å². The molecule has 0 atom stereocenters. The molecule has 1 aromatic rings. The van der Waals surface area contributed by atoms with Crippen molar-refractivity contribution in [2.45, 2.75) is 46.1 Å². The van der Waals surface area contributed by atoms with E-state index in [9.17, 15) is 4.79 Å². The zero-order valence-electron chi connectivity index (χ0n) is 13.3. The molecule has 0 radical (unpaired) electrons. The Kier molecular flexibility index (Phi) is 4.70. The molecule has 116 valence electrons. The van der Waals surface area contributed by atoms with Gasteiger partial charge in [-0.25, -0.2) is 9.78 Å². The first-order chi connectivity index (χ1) is 9.83. The van der Waals surface area contributed by atoms with Gasteiger partial charge in [0.2, 0.25) is 0 Å². The molecule has 1 fully saturated rings. The summed E-state index contributed by atoms with van der Waals surface area (Å²) in [6, 6.07) is 3.81. The lowest BCUT2D eigenvalue weighted by Crippen LogP contribution is -2.33. The van der Waals surface area contributed by atoms with Crippen LogP contribution in [0.3, 0.4) is 0 Å². The Balaban J connectivity index is 1.91. The third kappa shape index (κ3) is 4.92. The number of ether oxygens (including phenoxy) is 1. The minimum Gasteiger partial charge on any atom is -0.444 e. The number of piperidine rings is 1. The number of nitrogens with zero attached hydrogens (tertiary/aromatic N) is 2. The summed E-state index contributed by atoms with van der Waals surface area (Å²) in [5, 5.41) is 2.69. The van der Waals surface area contributed by atoms with Crippen molar-refractivity contribution in [3.8, 4) is 0 Å². The number of pyridine rings is 1. The first kappa shape index (κ1) is 15.6. The number of aromatic nitrogens is 1. The predicted octanol–water partition coefficient (Wildman–Crippen LogP) is 3.66. The maximum Gasteiger partial charge on any atom is 0.412 e. The van der Waals surface area contributed by atoms with E-state index >= 15 is 0 Å². The van der Waals surface area contributed by atoms with Crippen LogP contribution in [0.25, 0.3) is 0 Å². The zero-order chi connectivity index (χ0) is 15.5. The lowest BCUT2D eigenvalue weighted by molar-refractivity contribution is 0.0636. The largest absolute Gasteiger partial charge is 0.444 e. The number of nitrogens with one attached hydrogen (secondary N) is 1. The van der Waals surface area contributed by atoms with Crippen LogP contribution in [0, 0.1) is 5.92 Å². The van der Waals surface area contributed by atoms with E-state index in [0.29, 0.717) is 5.69 Å². The first-order valence-electron chi connectivity index (χ1n) is 7.54. The Hall–Kier alpha value is -1.78. The summed E-state index contributed by atoms with van der Waals surface area (Å²) in [5.41, 5.74) is 0.153. The van der Waals surface area contributed by atoms with Crippen molar-refractivity contribution in [2.24, 2.45) is 5.92 Å². The predicted molar refractivity (Wildman–Crippen MR) is 84.7 cm³/mol. The van der Waals surface area contributed by atoms with Gasteiger partial charge in [-0.1, -0.05) is 6.92 Å². The summed E-state index contributed by atoms with van der Waals surface area (Å²) in [4.78, 5) is 18.4. The fourth-order valence-corrected chi connectivity index (χ4v) is 2.31. The highest BCUT2D eigenvalue weighted by molar-refractivity contribution is 5.84. The van der Waals surface area contributed by atoms with Crippen LogP contribution in [-0.2, 0) is 4.74 Å². The number of carbonyl (C=O) groups excluding carboxylic acids is 1. The topological polar surface area (TPSA) is 54.5 Å². The van der Waals surface area contributed by atoms with Gasteiger partial charge in [0, 0.05) is 13.1 Å².